The van der Waals surface area contributed by atoms with Gasteiger partial charge in [-0.1, -0.05) is 136 Å². The second-order valence-corrected chi connectivity index (χ2v) is 12.5. The summed E-state index contributed by atoms with van der Waals surface area (Å²) in [6.45, 7) is 14.0. The lowest BCUT2D eigenvalue weighted by atomic mass is 9.63. The van der Waals surface area contributed by atoms with Crippen molar-refractivity contribution in [2.75, 3.05) is 0 Å². The molecule has 0 aliphatic heterocycles. The molecule has 5 rings (SSSR count). The van der Waals surface area contributed by atoms with Gasteiger partial charge in [-0.2, -0.15) is 0 Å². The Morgan fingerprint density at radius 3 is 1.65 bits per heavy atom. The van der Waals surface area contributed by atoms with Crippen LogP contribution in [-0.2, 0) is 16.2 Å². The standard InChI is InChI=1S/C33H33Br/c1-31(2,3)24-19-27-26-21-25(34)17-18-28(26)33(22-13-9-7-10-14-22,23-15-11-8-12-16-23)30(27)29(20-24)32(4,5)6/h7-21H,1-6H3. The van der Waals surface area contributed by atoms with Crippen LogP contribution in [0.3, 0.4) is 0 Å². The van der Waals surface area contributed by atoms with Gasteiger partial charge in [0.2, 0.25) is 0 Å². The van der Waals surface area contributed by atoms with Gasteiger partial charge >= 0.3 is 0 Å². The van der Waals surface area contributed by atoms with Crippen molar-refractivity contribution in [3.8, 4) is 11.1 Å². The van der Waals surface area contributed by atoms with Gasteiger partial charge in [0.1, 0.15) is 0 Å². The van der Waals surface area contributed by atoms with E-state index in [-0.39, 0.29) is 16.2 Å². The SMILES string of the molecule is CC(C)(C)c1cc2c(c(C(C)(C)C)c1)C(c1ccccc1)(c1ccccc1)c1ccc(Br)cc1-2. The van der Waals surface area contributed by atoms with E-state index in [9.17, 15) is 0 Å². The summed E-state index contributed by atoms with van der Waals surface area (Å²) in [5, 5.41) is 0. The Balaban J connectivity index is 2.05. The first kappa shape index (κ1) is 23.1. The predicted octanol–water partition coefficient (Wildman–Crippen LogP) is 9.41. The molecule has 0 radical (unpaired) electrons. The van der Waals surface area contributed by atoms with Crippen molar-refractivity contribution in [1.29, 1.82) is 0 Å². The van der Waals surface area contributed by atoms with Crippen molar-refractivity contribution < 1.29 is 0 Å². The molecule has 4 aromatic rings. The Labute approximate surface area is 213 Å². The first-order valence-corrected chi connectivity index (χ1v) is 12.9. The Morgan fingerprint density at radius 2 is 1.15 bits per heavy atom. The number of rotatable bonds is 2. The zero-order chi connectivity index (χ0) is 24.3. The lowest BCUT2D eigenvalue weighted by molar-refractivity contribution is 0.557. The summed E-state index contributed by atoms with van der Waals surface area (Å²) in [7, 11) is 0. The van der Waals surface area contributed by atoms with Crippen LogP contribution in [0.25, 0.3) is 11.1 Å². The van der Waals surface area contributed by atoms with Crippen LogP contribution in [0, 0.1) is 0 Å². The van der Waals surface area contributed by atoms with Gasteiger partial charge < -0.3 is 0 Å². The Morgan fingerprint density at radius 1 is 0.588 bits per heavy atom. The van der Waals surface area contributed by atoms with Gasteiger partial charge in [0, 0.05) is 4.47 Å². The van der Waals surface area contributed by atoms with Crippen molar-refractivity contribution in [2.24, 2.45) is 0 Å². The third-order valence-electron chi connectivity index (χ3n) is 7.28. The van der Waals surface area contributed by atoms with E-state index in [1.54, 1.807) is 0 Å². The second kappa shape index (κ2) is 7.95. The fraction of sp³-hybridized carbons (Fsp3) is 0.273. The summed E-state index contributed by atoms with van der Waals surface area (Å²) in [4.78, 5) is 0. The van der Waals surface area contributed by atoms with E-state index < -0.39 is 0 Å². The molecule has 172 valence electrons. The number of halogens is 1. The number of fused-ring (bicyclic) bond motifs is 3. The zero-order valence-corrected chi connectivity index (χ0v) is 22.6. The summed E-state index contributed by atoms with van der Waals surface area (Å²) in [5.41, 5.74) is 10.6. The highest BCUT2D eigenvalue weighted by atomic mass is 79.9. The molecule has 0 N–H and O–H groups in total. The molecule has 0 nitrogen and oxygen atoms in total. The summed E-state index contributed by atoms with van der Waals surface area (Å²) in [6.07, 6.45) is 0. The van der Waals surface area contributed by atoms with Crippen LogP contribution in [0.15, 0.2) is 95.5 Å². The zero-order valence-electron chi connectivity index (χ0n) is 21.0. The van der Waals surface area contributed by atoms with Gasteiger partial charge in [-0.3, -0.25) is 0 Å². The molecule has 0 fully saturated rings. The number of benzene rings is 4. The van der Waals surface area contributed by atoms with Crippen molar-refractivity contribution in [3.05, 3.63) is 129 Å². The third-order valence-corrected chi connectivity index (χ3v) is 7.77. The maximum Gasteiger partial charge on any atom is 0.0716 e. The molecule has 0 saturated heterocycles. The van der Waals surface area contributed by atoms with Crippen LogP contribution in [0.2, 0.25) is 0 Å². The summed E-state index contributed by atoms with van der Waals surface area (Å²) in [5.74, 6) is 0. The summed E-state index contributed by atoms with van der Waals surface area (Å²) >= 11 is 3.78. The smallest absolute Gasteiger partial charge is 0.0622 e. The minimum atomic E-state index is -0.368. The fourth-order valence-corrected chi connectivity index (χ4v) is 5.99. The van der Waals surface area contributed by atoms with Crippen LogP contribution >= 0.6 is 15.9 Å². The first-order chi connectivity index (χ1) is 16.0. The number of hydrogen-bond donors (Lipinski definition) is 0. The molecule has 34 heavy (non-hydrogen) atoms. The van der Waals surface area contributed by atoms with Crippen molar-refractivity contribution in [2.45, 2.75) is 57.8 Å². The van der Waals surface area contributed by atoms with E-state index in [1.807, 2.05) is 0 Å². The molecule has 1 heteroatoms. The van der Waals surface area contributed by atoms with Crippen LogP contribution < -0.4 is 0 Å². The van der Waals surface area contributed by atoms with Gasteiger partial charge in [-0.25, -0.2) is 0 Å². The Bertz CT molecular complexity index is 1310. The highest BCUT2D eigenvalue weighted by molar-refractivity contribution is 9.10. The maximum atomic E-state index is 3.78. The monoisotopic (exact) mass is 508 g/mol. The predicted molar refractivity (Wildman–Crippen MR) is 149 cm³/mol. The molecule has 0 saturated carbocycles. The van der Waals surface area contributed by atoms with E-state index in [4.69, 9.17) is 0 Å². The van der Waals surface area contributed by atoms with Crippen LogP contribution in [0.4, 0.5) is 0 Å². The van der Waals surface area contributed by atoms with E-state index in [1.165, 1.54) is 44.5 Å². The van der Waals surface area contributed by atoms with Gasteiger partial charge in [-0.05, 0) is 67.5 Å². The average Bonchev–Trinajstić information content (AvgIpc) is 3.09. The molecule has 0 spiro atoms. The summed E-state index contributed by atoms with van der Waals surface area (Å²) < 4.78 is 1.12. The molecule has 0 atom stereocenters. The highest BCUT2D eigenvalue weighted by Gasteiger charge is 2.49. The quantitative estimate of drug-likeness (QED) is 0.222. The largest absolute Gasteiger partial charge is 0.0716 e. The fourth-order valence-electron chi connectivity index (χ4n) is 5.63. The van der Waals surface area contributed by atoms with Gasteiger partial charge in [0.25, 0.3) is 0 Å². The van der Waals surface area contributed by atoms with Crippen LogP contribution in [0.5, 0.6) is 0 Å². The average molecular weight is 510 g/mol. The molecule has 0 aromatic heterocycles. The molecule has 0 bridgehead atoms. The molecule has 4 aromatic carbocycles. The van der Waals surface area contributed by atoms with E-state index in [0.29, 0.717) is 0 Å². The van der Waals surface area contributed by atoms with E-state index in [2.05, 4.69) is 148 Å². The minimum Gasteiger partial charge on any atom is -0.0622 e. The normalized spacial score (nSPS) is 14.6. The Hall–Kier alpha value is -2.64. The number of hydrogen-bond acceptors (Lipinski definition) is 0. The van der Waals surface area contributed by atoms with Gasteiger partial charge in [0.05, 0.1) is 5.41 Å². The van der Waals surface area contributed by atoms with Crippen molar-refractivity contribution in [1.82, 2.24) is 0 Å². The second-order valence-electron chi connectivity index (χ2n) is 11.6. The molecule has 0 amide bonds. The van der Waals surface area contributed by atoms with Crippen LogP contribution in [-0.4, -0.2) is 0 Å². The van der Waals surface area contributed by atoms with Crippen molar-refractivity contribution in [3.63, 3.8) is 0 Å². The Kier molecular flexibility index (Phi) is 5.41. The molecule has 1 aliphatic rings. The van der Waals surface area contributed by atoms with Crippen molar-refractivity contribution >= 4 is 15.9 Å². The molecular weight excluding hydrogens is 476 g/mol. The molecule has 1 aliphatic carbocycles. The minimum absolute atomic E-state index is 0.0145. The topological polar surface area (TPSA) is 0 Å². The molecule has 0 heterocycles. The summed E-state index contributed by atoms with van der Waals surface area (Å²) in [6, 6.07) is 34.0. The van der Waals surface area contributed by atoms with Gasteiger partial charge in [-0.15, -0.1) is 0 Å². The maximum absolute atomic E-state index is 3.78. The highest BCUT2D eigenvalue weighted by Crippen LogP contribution is 2.59. The third kappa shape index (κ3) is 3.48. The van der Waals surface area contributed by atoms with E-state index >= 15 is 0 Å². The molecular formula is C33H33Br. The lowest BCUT2D eigenvalue weighted by Crippen LogP contribution is -2.32. The van der Waals surface area contributed by atoms with E-state index in [0.717, 1.165) is 4.47 Å². The molecule has 0 unspecified atom stereocenters. The first-order valence-electron chi connectivity index (χ1n) is 12.2. The van der Waals surface area contributed by atoms with Gasteiger partial charge in [0.15, 0.2) is 0 Å². The van der Waals surface area contributed by atoms with Crippen LogP contribution in [0.1, 0.15) is 74.9 Å². The lowest BCUT2D eigenvalue weighted by Gasteiger charge is -2.38.